The van der Waals surface area contributed by atoms with E-state index in [4.69, 9.17) is 4.42 Å². The number of furan rings is 1. The number of hydrogen-bond acceptors (Lipinski definition) is 3. The van der Waals surface area contributed by atoms with Crippen LogP contribution in [0.4, 0.5) is 34.1 Å². The molecule has 10 aromatic rings. The first kappa shape index (κ1) is 42.8. The van der Waals surface area contributed by atoms with Crippen molar-refractivity contribution in [2.24, 2.45) is 0 Å². The predicted octanol–water partition coefficient (Wildman–Crippen LogP) is 15.8. The van der Waals surface area contributed by atoms with Gasteiger partial charge in [-0.15, -0.1) is 0 Å². The second kappa shape index (κ2) is 14.4. The molecule has 0 radical (unpaired) electrons. The maximum Gasteiger partial charge on any atom is 0.252 e. The van der Waals surface area contributed by atoms with E-state index < -0.39 is 0 Å². The number of anilines is 6. The van der Waals surface area contributed by atoms with Crippen molar-refractivity contribution in [3.63, 3.8) is 0 Å². The molecule has 0 saturated heterocycles. The lowest BCUT2D eigenvalue weighted by molar-refractivity contribution is 0.590. The Morgan fingerprint density at radius 2 is 1.07 bits per heavy atom. The number of rotatable bonds is 3. The standard InChI is InChI=1S/C65H60BN3O/c1-62(2,3)40-23-28-45(29-24-40)67(46-30-25-41(26-31-46)63(4,5)6)47-32-33-51-54(38-47)68-53-34-27-43(64(7,8)9)35-50(53)39-19-21-42(22-20-39)65(10,11)44-36-55(68)58-56(37-44)69-59-49(16-14-17-52(59)66(51)58)61-60(69)48-15-12-13-18-57(48)70-61/h12-38H,1-11H3. The van der Waals surface area contributed by atoms with Gasteiger partial charge in [-0.1, -0.05) is 161 Å². The smallest absolute Gasteiger partial charge is 0.252 e. The molecule has 0 amide bonds. The van der Waals surface area contributed by atoms with Gasteiger partial charge in [0.1, 0.15) is 11.1 Å². The lowest BCUT2D eigenvalue weighted by atomic mass is 9.33. The highest BCUT2D eigenvalue weighted by Crippen LogP contribution is 2.51. The summed E-state index contributed by atoms with van der Waals surface area (Å²) in [4.78, 5) is 5.09. The molecule has 70 heavy (non-hydrogen) atoms. The van der Waals surface area contributed by atoms with Crippen LogP contribution < -0.4 is 26.2 Å². The van der Waals surface area contributed by atoms with Gasteiger partial charge in [-0.2, -0.15) is 0 Å². The molecule has 0 atom stereocenters. The van der Waals surface area contributed by atoms with Gasteiger partial charge in [-0.05, 0) is 145 Å². The Morgan fingerprint density at radius 3 is 1.73 bits per heavy atom. The molecule has 344 valence electrons. The zero-order valence-corrected chi connectivity index (χ0v) is 42.4. The minimum absolute atomic E-state index is 0.0317. The second-order valence-electron chi connectivity index (χ2n) is 23.9. The van der Waals surface area contributed by atoms with Crippen molar-refractivity contribution >= 4 is 90.2 Å². The van der Waals surface area contributed by atoms with Crippen LogP contribution in [0.2, 0.25) is 0 Å². The Hall–Kier alpha value is -7.24. The first-order chi connectivity index (χ1) is 33.4. The van der Waals surface area contributed by atoms with Crippen LogP contribution in [0.3, 0.4) is 0 Å². The molecular weight excluding hydrogens is 850 g/mol. The third-order valence-corrected chi connectivity index (χ3v) is 16.1. The van der Waals surface area contributed by atoms with E-state index in [9.17, 15) is 0 Å². The molecule has 0 spiro atoms. The van der Waals surface area contributed by atoms with Gasteiger partial charge in [0, 0.05) is 55.9 Å². The van der Waals surface area contributed by atoms with Crippen LogP contribution in [-0.2, 0) is 21.7 Å². The fraction of sp³-hybridized carbons (Fsp3) is 0.231. The predicted molar refractivity (Wildman–Crippen MR) is 298 cm³/mol. The minimum atomic E-state index is -0.323. The summed E-state index contributed by atoms with van der Waals surface area (Å²) in [6.45, 7) is 25.5. The van der Waals surface area contributed by atoms with Crippen LogP contribution in [0.5, 0.6) is 0 Å². The fourth-order valence-corrected chi connectivity index (χ4v) is 12.0. The van der Waals surface area contributed by atoms with Gasteiger partial charge in [0.2, 0.25) is 0 Å². The third kappa shape index (κ3) is 6.16. The van der Waals surface area contributed by atoms with Crippen LogP contribution in [-0.4, -0.2) is 11.3 Å². The number of para-hydroxylation sites is 2. The summed E-state index contributed by atoms with van der Waals surface area (Å²) in [7, 11) is 0. The van der Waals surface area contributed by atoms with E-state index in [0.717, 1.165) is 44.5 Å². The third-order valence-electron chi connectivity index (χ3n) is 16.1. The van der Waals surface area contributed by atoms with Crippen molar-refractivity contribution in [3.05, 3.63) is 192 Å². The second-order valence-corrected chi connectivity index (χ2v) is 23.9. The largest absolute Gasteiger partial charge is 0.454 e. The molecule has 4 nitrogen and oxygen atoms in total. The first-order valence-electron chi connectivity index (χ1n) is 25.2. The lowest BCUT2D eigenvalue weighted by Gasteiger charge is -2.42. The summed E-state index contributed by atoms with van der Waals surface area (Å²) in [5.74, 6) is 0. The van der Waals surface area contributed by atoms with Gasteiger partial charge >= 0.3 is 0 Å². The summed E-state index contributed by atoms with van der Waals surface area (Å²) in [6, 6.07) is 63.0. The van der Waals surface area contributed by atoms with Gasteiger partial charge in [0.25, 0.3) is 6.71 Å². The Bertz CT molecular complexity index is 3730. The van der Waals surface area contributed by atoms with Crippen LogP contribution >= 0.6 is 0 Å². The minimum Gasteiger partial charge on any atom is -0.454 e. The van der Waals surface area contributed by atoms with E-state index in [1.165, 1.54) is 83.6 Å². The number of benzene rings is 8. The molecule has 6 heterocycles. The van der Waals surface area contributed by atoms with Crippen molar-refractivity contribution < 1.29 is 4.42 Å². The summed E-state index contributed by atoms with van der Waals surface area (Å²) in [5, 5.41) is 2.28. The van der Waals surface area contributed by atoms with Crippen LogP contribution in [0.15, 0.2) is 168 Å². The van der Waals surface area contributed by atoms with Crippen LogP contribution in [0, 0.1) is 0 Å². The molecule has 8 aromatic carbocycles. The highest BCUT2D eigenvalue weighted by molar-refractivity contribution is 7.00. The maximum absolute atomic E-state index is 6.88. The van der Waals surface area contributed by atoms with Gasteiger partial charge in [0.15, 0.2) is 5.58 Å². The van der Waals surface area contributed by atoms with Gasteiger partial charge in [-0.3, -0.25) is 0 Å². The number of hydrogen-bond donors (Lipinski definition) is 0. The fourth-order valence-electron chi connectivity index (χ4n) is 12.0. The van der Waals surface area contributed by atoms with E-state index in [2.05, 4.69) is 254 Å². The first-order valence-corrected chi connectivity index (χ1v) is 25.2. The molecule has 0 unspecified atom stereocenters. The zero-order valence-electron chi connectivity index (χ0n) is 42.4. The lowest BCUT2D eigenvalue weighted by Crippen LogP contribution is -2.60. The van der Waals surface area contributed by atoms with E-state index in [1.807, 2.05) is 0 Å². The molecular formula is C65H60BN3O. The van der Waals surface area contributed by atoms with Gasteiger partial charge in [0.05, 0.1) is 11.2 Å². The quantitative estimate of drug-likeness (QED) is 0.165. The molecule has 0 aliphatic carbocycles. The molecule has 4 aliphatic heterocycles. The summed E-state index contributed by atoms with van der Waals surface area (Å²) >= 11 is 0. The molecule has 14 rings (SSSR count). The highest BCUT2D eigenvalue weighted by Gasteiger charge is 2.45. The number of aromatic nitrogens is 1. The zero-order chi connectivity index (χ0) is 48.4. The summed E-state index contributed by atoms with van der Waals surface area (Å²) < 4.78 is 9.44. The normalized spacial score (nSPS) is 14.6. The SMILES string of the molecule is CC(C)(C)c1ccc(N(c2ccc(C(C)(C)C)cc2)c2ccc3c(c2)N2c4ccc(C(C)(C)C)cc4-c4ccc(cc4)C(C)(C)c4cc2c2c(c4)-n4c5c(cccc5c5oc6ccccc6c54)B32)cc1. The van der Waals surface area contributed by atoms with E-state index in [1.54, 1.807) is 0 Å². The summed E-state index contributed by atoms with van der Waals surface area (Å²) in [6.07, 6.45) is 0. The van der Waals surface area contributed by atoms with Crippen molar-refractivity contribution in [2.75, 3.05) is 9.80 Å². The average molecular weight is 910 g/mol. The molecule has 4 aliphatic rings. The van der Waals surface area contributed by atoms with E-state index in [-0.39, 0.29) is 28.4 Å². The molecule has 4 bridgehead atoms. The Balaban J connectivity index is 1.16. The Morgan fingerprint density at radius 1 is 0.471 bits per heavy atom. The topological polar surface area (TPSA) is 24.6 Å². The maximum atomic E-state index is 6.88. The Labute approximate surface area is 413 Å². The number of fused-ring (bicyclic) bond motifs is 11. The Kier molecular flexibility index (Phi) is 8.82. The molecule has 2 aromatic heterocycles. The van der Waals surface area contributed by atoms with E-state index >= 15 is 0 Å². The average Bonchev–Trinajstić information content (AvgIpc) is 3.87. The van der Waals surface area contributed by atoms with Crippen LogP contribution in [0.1, 0.15) is 104 Å². The monoisotopic (exact) mass is 909 g/mol. The summed E-state index contributed by atoms with van der Waals surface area (Å²) in [5.41, 5.74) is 24.9. The molecule has 5 heteroatoms. The molecule has 0 saturated carbocycles. The van der Waals surface area contributed by atoms with Crippen molar-refractivity contribution in [1.29, 1.82) is 0 Å². The van der Waals surface area contributed by atoms with Gasteiger partial charge < -0.3 is 18.8 Å². The van der Waals surface area contributed by atoms with Crippen molar-refractivity contribution in [1.82, 2.24) is 4.57 Å². The highest BCUT2D eigenvalue weighted by atomic mass is 16.3. The molecule has 0 fully saturated rings. The van der Waals surface area contributed by atoms with Crippen molar-refractivity contribution in [2.45, 2.75) is 97.8 Å². The van der Waals surface area contributed by atoms with Crippen molar-refractivity contribution in [3.8, 4) is 16.8 Å². The number of nitrogens with zero attached hydrogens (tertiary/aromatic N) is 3. The van der Waals surface area contributed by atoms with E-state index in [0.29, 0.717) is 0 Å². The molecule has 0 N–H and O–H groups in total. The van der Waals surface area contributed by atoms with Gasteiger partial charge in [-0.25, -0.2) is 0 Å². The van der Waals surface area contributed by atoms with Crippen LogP contribution in [0.25, 0.3) is 49.8 Å².